The van der Waals surface area contributed by atoms with Crippen LogP contribution >= 0.6 is 0 Å². The standard InChI is InChI=1S/C10H17N3O3S/c1-7-10(8(2)16-12-7)17(14,15)13-5-3-4-9(11)6-13/h9H,3-6,11H2,1-2H3/t9-/m1/s1. The monoisotopic (exact) mass is 259 g/mol. The Balaban J connectivity index is 2.36. The van der Waals surface area contributed by atoms with Crippen LogP contribution in [0.2, 0.25) is 0 Å². The smallest absolute Gasteiger partial charge is 0.248 e. The van der Waals surface area contributed by atoms with Crippen LogP contribution < -0.4 is 5.73 Å². The maximum atomic E-state index is 12.4. The van der Waals surface area contributed by atoms with Gasteiger partial charge in [0.15, 0.2) is 5.76 Å². The lowest BCUT2D eigenvalue weighted by molar-refractivity contribution is 0.315. The summed E-state index contributed by atoms with van der Waals surface area (Å²) in [5.74, 6) is 0.335. The highest BCUT2D eigenvalue weighted by Gasteiger charge is 2.33. The first-order valence-corrected chi connectivity index (χ1v) is 7.05. The Kier molecular flexibility index (Phi) is 3.24. The van der Waals surface area contributed by atoms with Gasteiger partial charge in [-0.15, -0.1) is 0 Å². The molecule has 2 heterocycles. The molecule has 0 unspecified atom stereocenters. The Labute approximate surface area is 101 Å². The highest BCUT2D eigenvalue weighted by Crippen LogP contribution is 2.25. The van der Waals surface area contributed by atoms with Crippen molar-refractivity contribution in [3.05, 3.63) is 11.5 Å². The van der Waals surface area contributed by atoms with E-state index in [4.69, 9.17) is 10.3 Å². The van der Waals surface area contributed by atoms with Gasteiger partial charge in [0, 0.05) is 19.1 Å². The molecular weight excluding hydrogens is 242 g/mol. The molecule has 0 aromatic carbocycles. The number of sulfonamides is 1. The predicted molar refractivity (Wildman–Crippen MR) is 61.9 cm³/mol. The van der Waals surface area contributed by atoms with Crippen molar-refractivity contribution in [2.45, 2.75) is 37.6 Å². The number of hydrogen-bond donors (Lipinski definition) is 1. The summed E-state index contributed by atoms with van der Waals surface area (Å²) in [4.78, 5) is 0.187. The maximum Gasteiger partial charge on any atom is 0.248 e. The summed E-state index contributed by atoms with van der Waals surface area (Å²) in [5, 5.41) is 3.68. The number of aryl methyl sites for hydroxylation is 2. The van der Waals surface area contributed by atoms with E-state index in [-0.39, 0.29) is 10.9 Å². The highest BCUT2D eigenvalue weighted by atomic mass is 32.2. The number of rotatable bonds is 2. The van der Waals surface area contributed by atoms with E-state index in [9.17, 15) is 8.42 Å². The summed E-state index contributed by atoms with van der Waals surface area (Å²) in [6, 6.07) is -0.0843. The molecule has 96 valence electrons. The Morgan fingerprint density at radius 1 is 1.47 bits per heavy atom. The van der Waals surface area contributed by atoms with Gasteiger partial charge in [-0.3, -0.25) is 0 Å². The largest absolute Gasteiger partial charge is 0.360 e. The fourth-order valence-corrected chi connectivity index (χ4v) is 3.99. The van der Waals surface area contributed by atoms with Crippen molar-refractivity contribution in [2.75, 3.05) is 13.1 Å². The van der Waals surface area contributed by atoms with Crippen LogP contribution in [0.5, 0.6) is 0 Å². The van der Waals surface area contributed by atoms with Crippen molar-refractivity contribution >= 4 is 10.0 Å². The van der Waals surface area contributed by atoms with Crippen molar-refractivity contribution in [1.29, 1.82) is 0 Å². The van der Waals surface area contributed by atoms with Crippen LogP contribution in [0.1, 0.15) is 24.3 Å². The molecule has 1 atom stereocenters. The van der Waals surface area contributed by atoms with E-state index >= 15 is 0 Å². The molecule has 0 radical (unpaired) electrons. The predicted octanol–water partition coefficient (Wildman–Crippen LogP) is 0.403. The van der Waals surface area contributed by atoms with Gasteiger partial charge in [0.05, 0.1) is 0 Å². The summed E-state index contributed by atoms with van der Waals surface area (Å²) >= 11 is 0. The summed E-state index contributed by atoms with van der Waals surface area (Å²) in [6.07, 6.45) is 1.66. The van der Waals surface area contributed by atoms with Crippen molar-refractivity contribution in [3.63, 3.8) is 0 Å². The zero-order valence-electron chi connectivity index (χ0n) is 10.0. The molecule has 0 aliphatic carbocycles. The number of nitrogens with two attached hydrogens (primary N) is 1. The van der Waals surface area contributed by atoms with E-state index in [1.54, 1.807) is 13.8 Å². The van der Waals surface area contributed by atoms with Crippen molar-refractivity contribution in [3.8, 4) is 0 Å². The minimum Gasteiger partial charge on any atom is -0.360 e. The average molecular weight is 259 g/mol. The van der Waals surface area contributed by atoms with Gasteiger partial charge in [0.1, 0.15) is 10.6 Å². The van der Waals surface area contributed by atoms with Gasteiger partial charge >= 0.3 is 0 Å². The summed E-state index contributed by atoms with van der Waals surface area (Å²) < 4.78 is 31.1. The normalized spacial score (nSPS) is 22.9. The van der Waals surface area contributed by atoms with Crippen LogP contribution in [0.3, 0.4) is 0 Å². The molecule has 1 saturated heterocycles. The summed E-state index contributed by atoms with van der Waals surface area (Å²) in [5.41, 5.74) is 6.21. The van der Waals surface area contributed by atoms with Crippen LogP contribution in [0.25, 0.3) is 0 Å². The Bertz CT molecular complexity index is 489. The van der Waals surface area contributed by atoms with Crippen molar-refractivity contribution in [2.24, 2.45) is 5.73 Å². The van der Waals surface area contributed by atoms with Crippen LogP contribution in [0.15, 0.2) is 9.42 Å². The molecule has 2 N–H and O–H groups in total. The van der Waals surface area contributed by atoms with Gasteiger partial charge in [-0.1, -0.05) is 5.16 Å². The molecule has 1 aliphatic heterocycles. The Morgan fingerprint density at radius 2 is 2.18 bits per heavy atom. The molecule has 0 saturated carbocycles. The number of nitrogens with zero attached hydrogens (tertiary/aromatic N) is 2. The van der Waals surface area contributed by atoms with Crippen LogP contribution in [0.4, 0.5) is 0 Å². The lowest BCUT2D eigenvalue weighted by atomic mass is 10.1. The molecule has 2 rings (SSSR count). The quantitative estimate of drug-likeness (QED) is 0.830. The molecule has 7 heteroatoms. The van der Waals surface area contributed by atoms with Gasteiger partial charge in [-0.05, 0) is 26.7 Å². The first-order valence-electron chi connectivity index (χ1n) is 5.61. The molecule has 1 aromatic rings. The molecule has 1 fully saturated rings. The molecular formula is C10H17N3O3S. The van der Waals surface area contributed by atoms with E-state index < -0.39 is 10.0 Å². The lowest BCUT2D eigenvalue weighted by Gasteiger charge is -2.29. The third kappa shape index (κ3) is 2.22. The van der Waals surface area contributed by atoms with E-state index in [0.29, 0.717) is 24.5 Å². The molecule has 17 heavy (non-hydrogen) atoms. The summed E-state index contributed by atoms with van der Waals surface area (Å²) in [6.45, 7) is 4.12. The fourth-order valence-electron chi connectivity index (χ4n) is 2.16. The van der Waals surface area contributed by atoms with Gasteiger partial charge in [0.2, 0.25) is 10.0 Å². The van der Waals surface area contributed by atoms with E-state index in [0.717, 1.165) is 12.8 Å². The highest BCUT2D eigenvalue weighted by molar-refractivity contribution is 7.89. The van der Waals surface area contributed by atoms with Crippen molar-refractivity contribution in [1.82, 2.24) is 9.46 Å². The molecule has 6 nitrogen and oxygen atoms in total. The fraction of sp³-hybridized carbons (Fsp3) is 0.700. The van der Waals surface area contributed by atoms with Gasteiger partial charge < -0.3 is 10.3 Å². The van der Waals surface area contributed by atoms with Crippen molar-refractivity contribution < 1.29 is 12.9 Å². The SMILES string of the molecule is Cc1noc(C)c1S(=O)(=O)N1CCC[C@@H](N)C1. The number of hydrogen-bond acceptors (Lipinski definition) is 5. The zero-order valence-corrected chi connectivity index (χ0v) is 10.8. The minimum atomic E-state index is -3.52. The maximum absolute atomic E-state index is 12.4. The molecule has 1 aromatic heterocycles. The van der Waals surface area contributed by atoms with Crippen LogP contribution in [-0.4, -0.2) is 37.0 Å². The Morgan fingerprint density at radius 3 is 2.71 bits per heavy atom. The van der Waals surface area contributed by atoms with Crippen LogP contribution in [0, 0.1) is 13.8 Å². The van der Waals surface area contributed by atoms with E-state index in [1.165, 1.54) is 4.31 Å². The summed E-state index contributed by atoms with van der Waals surface area (Å²) in [7, 11) is -3.52. The third-order valence-corrected chi connectivity index (χ3v) is 5.10. The molecule has 0 bridgehead atoms. The minimum absolute atomic E-state index is 0.0843. The van der Waals surface area contributed by atoms with Gasteiger partial charge in [0.25, 0.3) is 0 Å². The first kappa shape index (κ1) is 12.5. The second-order valence-electron chi connectivity index (χ2n) is 4.42. The third-order valence-electron chi connectivity index (χ3n) is 2.99. The van der Waals surface area contributed by atoms with Crippen LogP contribution in [-0.2, 0) is 10.0 Å². The number of piperidine rings is 1. The first-order chi connectivity index (χ1) is 7.93. The van der Waals surface area contributed by atoms with Gasteiger partial charge in [-0.25, -0.2) is 8.42 Å². The lowest BCUT2D eigenvalue weighted by Crippen LogP contribution is -2.45. The average Bonchev–Trinajstić information content (AvgIpc) is 2.59. The second-order valence-corrected chi connectivity index (χ2v) is 6.29. The molecule has 1 aliphatic rings. The van der Waals surface area contributed by atoms with E-state index in [2.05, 4.69) is 5.16 Å². The van der Waals surface area contributed by atoms with E-state index in [1.807, 2.05) is 0 Å². The Hall–Kier alpha value is -0.920. The van der Waals surface area contributed by atoms with Gasteiger partial charge in [-0.2, -0.15) is 4.31 Å². The molecule has 0 amide bonds. The topological polar surface area (TPSA) is 89.4 Å². The molecule has 0 spiro atoms. The number of aromatic nitrogens is 1. The zero-order chi connectivity index (χ0) is 12.6. The second kappa shape index (κ2) is 4.40.